The van der Waals surface area contributed by atoms with Gasteiger partial charge in [0, 0.05) is 10.6 Å². The van der Waals surface area contributed by atoms with Gasteiger partial charge in [-0.25, -0.2) is 12.8 Å². The lowest BCUT2D eigenvalue weighted by Gasteiger charge is -2.16. The van der Waals surface area contributed by atoms with Crippen molar-refractivity contribution in [2.75, 3.05) is 0 Å². The van der Waals surface area contributed by atoms with Crippen LogP contribution in [0, 0.1) is 5.82 Å². The minimum absolute atomic E-state index is 0.128. The van der Waals surface area contributed by atoms with Crippen molar-refractivity contribution in [2.24, 2.45) is 0 Å². The van der Waals surface area contributed by atoms with Gasteiger partial charge in [0.2, 0.25) is 0 Å². The molecular weight excluding hydrogens is 440 g/mol. The highest BCUT2D eigenvalue weighted by molar-refractivity contribution is 7.90. The summed E-state index contributed by atoms with van der Waals surface area (Å²) >= 11 is 11.8. The molecule has 1 unspecified atom stereocenters. The molecule has 1 amide bonds. The molecule has 0 aliphatic carbocycles. The molecule has 0 spiro atoms. The molecular formula is C20H16Cl2FNO4S. The molecule has 0 bridgehead atoms. The summed E-state index contributed by atoms with van der Waals surface area (Å²) in [7, 11) is -3.66. The van der Waals surface area contributed by atoms with E-state index < -0.39 is 33.4 Å². The second kappa shape index (κ2) is 8.57. The van der Waals surface area contributed by atoms with Gasteiger partial charge in [-0.2, -0.15) is 0 Å². The van der Waals surface area contributed by atoms with Crippen LogP contribution in [0.15, 0.2) is 64.1 Å². The third-order valence-corrected chi connectivity index (χ3v) is 6.55. The molecule has 0 fully saturated rings. The molecule has 3 aromatic rings. The van der Waals surface area contributed by atoms with Crippen molar-refractivity contribution in [1.82, 2.24) is 5.32 Å². The Hall–Kier alpha value is -2.35. The summed E-state index contributed by atoms with van der Waals surface area (Å²) in [6, 6.07) is 11.0. The predicted molar refractivity (Wildman–Crippen MR) is 108 cm³/mol. The molecule has 29 heavy (non-hydrogen) atoms. The van der Waals surface area contributed by atoms with Gasteiger partial charge in [-0.15, -0.1) is 0 Å². The Morgan fingerprint density at radius 2 is 1.83 bits per heavy atom. The van der Waals surface area contributed by atoms with Gasteiger partial charge in [-0.1, -0.05) is 41.4 Å². The topological polar surface area (TPSA) is 76.4 Å². The van der Waals surface area contributed by atoms with Crippen LogP contribution in [-0.4, -0.2) is 14.3 Å². The van der Waals surface area contributed by atoms with Crippen molar-refractivity contribution in [3.63, 3.8) is 0 Å². The maximum Gasteiger partial charge on any atom is 0.287 e. The third kappa shape index (κ3) is 4.80. The van der Waals surface area contributed by atoms with Crippen molar-refractivity contribution < 1.29 is 22.0 Å². The minimum atomic E-state index is -3.66. The Bertz CT molecular complexity index is 1150. The molecule has 1 aromatic heterocycles. The Morgan fingerprint density at radius 3 is 2.52 bits per heavy atom. The molecule has 0 aliphatic rings. The summed E-state index contributed by atoms with van der Waals surface area (Å²) in [5.41, 5.74) is 0.541. The Kier molecular flexibility index (Phi) is 6.31. The molecule has 9 heteroatoms. The molecule has 0 aliphatic heterocycles. The van der Waals surface area contributed by atoms with E-state index in [1.165, 1.54) is 30.5 Å². The van der Waals surface area contributed by atoms with Gasteiger partial charge < -0.3 is 9.73 Å². The number of halogens is 3. The standard InChI is InChI=1S/C20H16Cl2FNO4S/c1-12(15-9-18(23)17(22)10-16(15)21)24-20(25)19-13(7-8-28-19)11-29(26,27)14-5-3-2-4-6-14/h2-10,12H,11H2,1H3,(H,24,25). The molecule has 3 rings (SSSR count). The molecule has 1 heterocycles. The van der Waals surface area contributed by atoms with E-state index in [-0.39, 0.29) is 26.3 Å². The number of nitrogens with one attached hydrogen (secondary N) is 1. The van der Waals surface area contributed by atoms with Gasteiger partial charge in [0.25, 0.3) is 5.91 Å². The number of carbonyl (C=O) groups is 1. The van der Waals surface area contributed by atoms with Crippen LogP contribution in [-0.2, 0) is 15.6 Å². The van der Waals surface area contributed by atoms with Crippen molar-refractivity contribution in [1.29, 1.82) is 0 Å². The lowest BCUT2D eigenvalue weighted by atomic mass is 10.1. The minimum Gasteiger partial charge on any atom is -0.459 e. The maximum absolute atomic E-state index is 13.8. The smallest absolute Gasteiger partial charge is 0.287 e. The van der Waals surface area contributed by atoms with Crippen LogP contribution in [0.3, 0.4) is 0 Å². The first kappa shape index (κ1) is 21.4. The molecule has 1 atom stereocenters. The van der Waals surface area contributed by atoms with E-state index in [0.29, 0.717) is 5.56 Å². The Balaban J connectivity index is 1.80. The van der Waals surface area contributed by atoms with Crippen LogP contribution in [0.4, 0.5) is 4.39 Å². The summed E-state index contributed by atoms with van der Waals surface area (Å²) in [6.07, 6.45) is 1.24. The van der Waals surface area contributed by atoms with Crippen LogP contribution in [0.25, 0.3) is 0 Å². The van der Waals surface area contributed by atoms with E-state index >= 15 is 0 Å². The van der Waals surface area contributed by atoms with Gasteiger partial charge in [0.05, 0.1) is 28.0 Å². The number of amides is 1. The predicted octanol–water partition coefficient (Wildman–Crippen LogP) is 5.19. The Morgan fingerprint density at radius 1 is 1.14 bits per heavy atom. The second-order valence-electron chi connectivity index (χ2n) is 6.33. The van der Waals surface area contributed by atoms with Crippen molar-refractivity contribution in [2.45, 2.75) is 23.6 Å². The number of benzene rings is 2. The molecule has 2 aromatic carbocycles. The first-order valence-electron chi connectivity index (χ1n) is 8.48. The van der Waals surface area contributed by atoms with E-state index in [4.69, 9.17) is 27.6 Å². The van der Waals surface area contributed by atoms with Crippen molar-refractivity contribution >= 4 is 38.9 Å². The average Bonchev–Trinajstić information content (AvgIpc) is 3.12. The zero-order chi connectivity index (χ0) is 21.2. The fraction of sp³-hybridized carbons (Fsp3) is 0.150. The largest absolute Gasteiger partial charge is 0.459 e. The van der Waals surface area contributed by atoms with E-state index in [2.05, 4.69) is 5.32 Å². The van der Waals surface area contributed by atoms with Crippen molar-refractivity contribution in [3.05, 3.63) is 87.5 Å². The molecule has 0 saturated carbocycles. The van der Waals surface area contributed by atoms with Crippen LogP contribution < -0.4 is 5.32 Å². The highest BCUT2D eigenvalue weighted by atomic mass is 35.5. The highest BCUT2D eigenvalue weighted by Crippen LogP contribution is 2.29. The summed E-state index contributed by atoms with van der Waals surface area (Å²) < 4.78 is 44.1. The van der Waals surface area contributed by atoms with Gasteiger partial charge in [0.1, 0.15) is 5.82 Å². The summed E-state index contributed by atoms with van der Waals surface area (Å²) in [4.78, 5) is 12.8. The molecule has 0 saturated heterocycles. The lowest BCUT2D eigenvalue weighted by Crippen LogP contribution is -2.27. The van der Waals surface area contributed by atoms with Crippen LogP contribution in [0.2, 0.25) is 10.0 Å². The first-order chi connectivity index (χ1) is 13.7. The molecule has 1 N–H and O–H groups in total. The summed E-state index contributed by atoms with van der Waals surface area (Å²) in [6.45, 7) is 1.61. The number of hydrogen-bond donors (Lipinski definition) is 1. The van der Waals surface area contributed by atoms with Crippen LogP contribution >= 0.6 is 23.2 Å². The maximum atomic E-state index is 13.8. The number of sulfone groups is 1. The first-order valence-corrected chi connectivity index (χ1v) is 10.9. The number of rotatable bonds is 6. The van der Waals surface area contributed by atoms with Crippen molar-refractivity contribution in [3.8, 4) is 0 Å². The molecule has 152 valence electrons. The van der Waals surface area contributed by atoms with E-state index in [1.54, 1.807) is 25.1 Å². The van der Waals surface area contributed by atoms with E-state index in [0.717, 1.165) is 6.07 Å². The normalized spacial score (nSPS) is 12.6. The Labute approximate surface area is 177 Å². The second-order valence-corrected chi connectivity index (χ2v) is 9.13. The zero-order valence-electron chi connectivity index (χ0n) is 15.2. The van der Waals surface area contributed by atoms with Gasteiger partial charge >= 0.3 is 0 Å². The number of carbonyl (C=O) groups excluding carboxylic acids is 1. The molecule has 0 radical (unpaired) electrons. The number of furan rings is 1. The van der Waals surface area contributed by atoms with Gasteiger partial charge in [-0.3, -0.25) is 4.79 Å². The van der Waals surface area contributed by atoms with E-state index in [1.807, 2.05) is 0 Å². The lowest BCUT2D eigenvalue weighted by molar-refractivity contribution is 0.0911. The van der Waals surface area contributed by atoms with Crippen LogP contribution in [0.5, 0.6) is 0 Å². The monoisotopic (exact) mass is 455 g/mol. The van der Waals surface area contributed by atoms with Crippen LogP contribution in [0.1, 0.15) is 34.6 Å². The average molecular weight is 456 g/mol. The summed E-state index contributed by atoms with van der Waals surface area (Å²) in [5.74, 6) is -1.85. The third-order valence-electron chi connectivity index (χ3n) is 4.25. The fourth-order valence-corrected chi connectivity index (χ4v) is 4.70. The van der Waals surface area contributed by atoms with Gasteiger partial charge in [-0.05, 0) is 42.8 Å². The quantitative estimate of drug-likeness (QED) is 0.518. The zero-order valence-corrected chi connectivity index (χ0v) is 17.5. The molecule has 5 nitrogen and oxygen atoms in total. The summed E-state index contributed by atoms with van der Waals surface area (Å²) in [5, 5.41) is 2.69. The SMILES string of the molecule is CC(NC(=O)c1occc1CS(=O)(=O)c1ccccc1)c1cc(F)c(Cl)cc1Cl. The van der Waals surface area contributed by atoms with E-state index in [9.17, 15) is 17.6 Å². The highest BCUT2D eigenvalue weighted by Gasteiger charge is 2.24. The number of hydrogen-bond acceptors (Lipinski definition) is 4. The fourth-order valence-electron chi connectivity index (χ4n) is 2.77. The van der Waals surface area contributed by atoms with Gasteiger partial charge in [0.15, 0.2) is 15.6 Å².